The lowest BCUT2D eigenvalue weighted by molar-refractivity contribution is -0.137. The highest BCUT2D eigenvalue weighted by molar-refractivity contribution is 7.18. The topological polar surface area (TPSA) is 94.9 Å². The molecule has 0 bridgehead atoms. The van der Waals surface area contributed by atoms with Gasteiger partial charge in [0.25, 0.3) is 0 Å². The van der Waals surface area contributed by atoms with E-state index in [4.69, 9.17) is 0 Å². The number of alkyl halides is 3. The number of carbonyl (C=O) groups excluding carboxylic acids is 2. The molecule has 0 unspecified atom stereocenters. The first-order chi connectivity index (χ1) is 16.7. The lowest BCUT2D eigenvalue weighted by Crippen LogP contribution is -2.51. The molecule has 2 aromatic carbocycles. The zero-order valence-corrected chi connectivity index (χ0v) is 19.6. The van der Waals surface area contributed by atoms with Crippen LogP contribution in [0.5, 0.6) is 0 Å². The number of hydrogen-bond acceptors (Lipinski definition) is 5. The van der Waals surface area contributed by atoms with Crippen LogP contribution in [0.3, 0.4) is 0 Å². The molecule has 2 N–H and O–H groups in total. The maximum atomic E-state index is 12.8. The molecule has 6 nitrogen and oxygen atoms in total. The minimum Gasteiger partial charge on any atom is -0.347 e. The Balaban J connectivity index is 1.36. The summed E-state index contributed by atoms with van der Waals surface area (Å²) in [5, 5.41) is 15.4. The van der Waals surface area contributed by atoms with E-state index in [1.807, 2.05) is 6.07 Å². The fraction of sp³-hybridized carbons (Fsp3) is 0.360. The summed E-state index contributed by atoms with van der Waals surface area (Å²) in [4.78, 5) is 29.1. The van der Waals surface area contributed by atoms with Gasteiger partial charge in [-0.3, -0.25) is 9.59 Å². The van der Waals surface area contributed by atoms with E-state index in [1.54, 1.807) is 12.1 Å². The van der Waals surface area contributed by atoms with E-state index in [-0.39, 0.29) is 18.9 Å². The van der Waals surface area contributed by atoms with Crippen molar-refractivity contribution in [1.82, 2.24) is 15.6 Å². The summed E-state index contributed by atoms with van der Waals surface area (Å²) in [6.07, 6.45) is -0.348. The zero-order chi connectivity index (χ0) is 25.1. The average molecular weight is 501 g/mol. The van der Waals surface area contributed by atoms with E-state index in [1.165, 1.54) is 23.5 Å². The SMILES string of the molecule is N#CC1(NC(=O)CNC(=O)Cc2nc3cc(-c4ccc(C(F)(F)F)cc4)ccc3s2)CCCCC1. The zero-order valence-electron chi connectivity index (χ0n) is 18.7. The number of amides is 2. The quantitative estimate of drug-likeness (QED) is 0.499. The summed E-state index contributed by atoms with van der Waals surface area (Å²) in [6, 6.07) is 12.5. The molecule has 0 atom stereocenters. The van der Waals surface area contributed by atoms with E-state index in [2.05, 4.69) is 21.7 Å². The van der Waals surface area contributed by atoms with E-state index in [0.29, 0.717) is 28.9 Å². The van der Waals surface area contributed by atoms with Crippen LogP contribution in [0.2, 0.25) is 0 Å². The van der Waals surface area contributed by atoms with Gasteiger partial charge in [0, 0.05) is 0 Å². The van der Waals surface area contributed by atoms with Crippen molar-refractivity contribution >= 4 is 33.4 Å². The standard InChI is InChI=1S/C25H23F3N4O2S/c26-25(27,28)18-7-4-16(5-8-18)17-6-9-20-19(12-17)31-23(35-20)13-21(33)30-14-22(34)32-24(15-29)10-2-1-3-11-24/h4-9,12H,1-3,10-11,13-14H2,(H,30,33)(H,32,34). The molecule has 182 valence electrons. The van der Waals surface area contributed by atoms with E-state index < -0.39 is 23.2 Å². The first-order valence-corrected chi connectivity index (χ1v) is 12.1. The molecular formula is C25H23F3N4O2S. The van der Waals surface area contributed by atoms with Crippen LogP contribution in [0.4, 0.5) is 13.2 Å². The second kappa shape index (κ2) is 10.0. The molecule has 10 heteroatoms. The Bertz CT molecular complexity index is 1270. The van der Waals surface area contributed by atoms with Gasteiger partial charge in [0.05, 0.1) is 34.8 Å². The van der Waals surface area contributed by atoms with Gasteiger partial charge < -0.3 is 10.6 Å². The summed E-state index contributed by atoms with van der Waals surface area (Å²) in [7, 11) is 0. The highest BCUT2D eigenvalue weighted by Gasteiger charge is 2.33. The molecule has 35 heavy (non-hydrogen) atoms. The minimum atomic E-state index is -4.39. The molecule has 0 spiro atoms. The number of aromatic nitrogens is 1. The van der Waals surface area contributed by atoms with Crippen molar-refractivity contribution in [3.05, 3.63) is 53.0 Å². The molecule has 0 aliphatic heterocycles. The summed E-state index contributed by atoms with van der Waals surface area (Å²) in [5.74, 6) is -0.760. The van der Waals surface area contributed by atoms with Crippen LogP contribution in [-0.2, 0) is 22.2 Å². The number of rotatable bonds is 6. The Hall–Kier alpha value is -3.45. The number of halogens is 3. The third-order valence-electron chi connectivity index (χ3n) is 6.04. The molecule has 1 fully saturated rings. The summed E-state index contributed by atoms with van der Waals surface area (Å²) in [5.41, 5.74) is 0.433. The van der Waals surface area contributed by atoms with E-state index in [9.17, 15) is 28.0 Å². The second-order valence-electron chi connectivity index (χ2n) is 8.62. The number of carbonyl (C=O) groups is 2. The van der Waals surface area contributed by atoms with E-state index in [0.717, 1.165) is 41.7 Å². The highest BCUT2D eigenvalue weighted by Crippen LogP contribution is 2.32. The number of nitriles is 1. The van der Waals surface area contributed by atoms with Crippen molar-refractivity contribution in [2.45, 2.75) is 50.2 Å². The summed E-state index contributed by atoms with van der Waals surface area (Å²) < 4.78 is 39.2. The van der Waals surface area contributed by atoms with Crippen LogP contribution >= 0.6 is 11.3 Å². The van der Waals surface area contributed by atoms with Crippen molar-refractivity contribution in [3.8, 4) is 17.2 Å². The number of nitrogens with one attached hydrogen (secondary N) is 2. The van der Waals surface area contributed by atoms with Crippen molar-refractivity contribution in [2.75, 3.05) is 6.54 Å². The Labute approximate surface area is 204 Å². The maximum absolute atomic E-state index is 12.8. The monoisotopic (exact) mass is 500 g/mol. The van der Waals surface area contributed by atoms with Crippen molar-refractivity contribution in [1.29, 1.82) is 5.26 Å². The van der Waals surface area contributed by atoms with Gasteiger partial charge in [0.15, 0.2) is 0 Å². The van der Waals surface area contributed by atoms with Crippen LogP contribution in [0.1, 0.15) is 42.7 Å². The molecular weight excluding hydrogens is 477 g/mol. The molecule has 4 rings (SSSR count). The molecule has 1 heterocycles. The van der Waals surface area contributed by atoms with Crippen molar-refractivity contribution in [2.24, 2.45) is 0 Å². The van der Waals surface area contributed by atoms with Gasteiger partial charge >= 0.3 is 6.18 Å². The smallest absolute Gasteiger partial charge is 0.347 e. The Morgan fingerprint density at radius 2 is 1.71 bits per heavy atom. The Morgan fingerprint density at radius 1 is 1.03 bits per heavy atom. The molecule has 0 saturated heterocycles. The van der Waals surface area contributed by atoms with Crippen LogP contribution in [-0.4, -0.2) is 28.9 Å². The van der Waals surface area contributed by atoms with Gasteiger partial charge in [-0.2, -0.15) is 18.4 Å². The van der Waals surface area contributed by atoms with Gasteiger partial charge in [-0.15, -0.1) is 11.3 Å². The maximum Gasteiger partial charge on any atom is 0.416 e. The lowest BCUT2D eigenvalue weighted by atomic mass is 9.83. The van der Waals surface area contributed by atoms with Crippen molar-refractivity contribution < 1.29 is 22.8 Å². The molecule has 1 saturated carbocycles. The fourth-order valence-corrected chi connectivity index (χ4v) is 5.14. The Kier molecular flexibility index (Phi) is 7.08. The third-order valence-corrected chi connectivity index (χ3v) is 7.07. The van der Waals surface area contributed by atoms with Crippen LogP contribution in [0.25, 0.3) is 21.3 Å². The Morgan fingerprint density at radius 3 is 2.37 bits per heavy atom. The van der Waals surface area contributed by atoms with Gasteiger partial charge in [0.2, 0.25) is 11.8 Å². The van der Waals surface area contributed by atoms with Gasteiger partial charge in [-0.05, 0) is 48.2 Å². The van der Waals surface area contributed by atoms with Crippen molar-refractivity contribution in [3.63, 3.8) is 0 Å². The molecule has 1 aliphatic carbocycles. The first kappa shape index (κ1) is 24.7. The largest absolute Gasteiger partial charge is 0.416 e. The average Bonchev–Trinajstić information content (AvgIpc) is 3.24. The van der Waals surface area contributed by atoms with Gasteiger partial charge in [-0.1, -0.05) is 37.5 Å². The summed E-state index contributed by atoms with van der Waals surface area (Å²) in [6.45, 7) is -0.217. The molecule has 1 aliphatic rings. The van der Waals surface area contributed by atoms with Gasteiger partial charge in [0.1, 0.15) is 10.5 Å². The van der Waals surface area contributed by atoms with Crippen LogP contribution < -0.4 is 10.6 Å². The number of fused-ring (bicyclic) bond motifs is 1. The molecule has 3 aromatic rings. The molecule has 1 aromatic heterocycles. The van der Waals surface area contributed by atoms with E-state index >= 15 is 0 Å². The first-order valence-electron chi connectivity index (χ1n) is 11.2. The predicted molar refractivity (Wildman–Crippen MR) is 126 cm³/mol. The van der Waals surface area contributed by atoms with Crippen LogP contribution in [0, 0.1) is 11.3 Å². The number of thiazole rings is 1. The fourth-order valence-electron chi connectivity index (χ4n) is 4.19. The molecule has 0 radical (unpaired) electrons. The predicted octanol–water partition coefficient (Wildman–Crippen LogP) is 4.98. The number of hydrogen-bond donors (Lipinski definition) is 2. The molecule has 2 amide bonds. The van der Waals surface area contributed by atoms with Gasteiger partial charge in [-0.25, -0.2) is 4.98 Å². The normalized spacial score (nSPS) is 15.4. The lowest BCUT2D eigenvalue weighted by Gasteiger charge is -2.31. The highest BCUT2D eigenvalue weighted by atomic mass is 32.1. The van der Waals surface area contributed by atoms with Crippen LogP contribution in [0.15, 0.2) is 42.5 Å². The number of nitrogens with zero attached hydrogens (tertiary/aromatic N) is 2. The minimum absolute atomic E-state index is 0.00830. The third kappa shape index (κ3) is 5.98. The summed E-state index contributed by atoms with van der Waals surface area (Å²) >= 11 is 1.34. The number of benzene rings is 2. The second-order valence-corrected chi connectivity index (χ2v) is 9.74.